The van der Waals surface area contributed by atoms with Gasteiger partial charge in [0, 0.05) is 19.8 Å². The van der Waals surface area contributed by atoms with Crippen LogP contribution in [0, 0.1) is 5.41 Å². The van der Waals surface area contributed by atoms with Crippen molar-refractivity contribution in [3.63, 3.8) is 0 Å². The first-order chi connectivity index (χ1) is 8.94. The first-order valence-electron chi connectivity index (χ1n) is 6.57. The number of pyridine rings is 1. The molecule has 0 aromatic carbocycles. The van der Waals surface area contributed by atoms with E-state index in [1.54, 1.807) is 13.2 Å². The van der Waals surface area contributed by atoms with Crippen molar-refractivity contribution in [2.75, 3.05) is 13.7 Å². The maximum Gasteiger partial charge on any atom is 0.273 e. The Bertz CT molecular complexity index is 486. The van der Waals surface area contributed by atoms with Crippen LogP contribution in [0.25, 0.3) is 0 Å². The highest BCUT2D eigenvalue weighted by molar-refractivity contribution is 5.98. The van der Waals surface area contributed by atoms with E-state index in [-0.39, 0.29) is 11.3 Å². The summed E-state index contributed by atoms with van der Waals surface area (Å²) in [5, 5.41) is 1.47. The normalized spacial score (nSPS) is 15.4. The minimum absolute atomic E-state index is 0.0757. The molecule has 5 heteroatoms. The third-order valence-corrected chi connectivity index (χ3v) is 3.58. The van der Waals surface area contributed by atoms with Crippen LogP contribution < -0.4 is 10.2 Å². The van der Waals surface area contributed by atoms with E-state index in [4.69, 9.17) is 4.74 Å². The predicted octanol–water partition coefficient (Wildman–Crippen LogP) is 1.99. The number of hydrogen-bond acceptors (Lipinski definition) is 4. The van der Waals surface area contributed by atoms with Gasteiger partial charge in [-0.15, -0.1) is 0 Å². The average Bonchev–Trinajstić information content (AvgIpc) is 2.40. The molecule has 0 radical (unpaired) electrons. The molecule has 1 aliphatic heterocycles. The van der Waals surface area contributed by atoms with Crippen LogP contribution in [0.3, 0.4) is 0 Å². The number of nitrogens with one attached hydrogen (secondary N) is 1. The number of hydrazine groups is 1. The molecule has 1 N–H and O–H groups in total. The van der Waals surface area contributed by atoms with Gasteiger partial charge in [0.2, 0.25) is 5.88 Å². The summed E-state index contributed by atoms with van der Waals surface area (Å²) in [7, 11) is 1.71. The number of carbonyl (C=O) groups excluding carboxylic acids is 1. The fraction of sp³-hybridized carbons (Fsp3) is 0.571. The van der Waals surface area contributed by atoms with Gasteiger partial charge in [-0.3, -0.25) is 9.80 Å². The van der Waals surface area contributed by atoms with Gasteiger partial charge in [0.1, 0.15) is 5.56 Å². The quantitative estimate of drug-likeness (QED) is 0.902. The van der Waals surface area contributed by atoms with Gasteiger partial charge >= 0.3 is 0 Å². The van der Waals surface area contributed by atoms with Crippen LogP contribution in [-0.2, 0) is 6.54 Å². The number of ether oxygens (including phenoxy) is 1. The summed E-state index contributed by atoms with van der Waals surface area (Å²) < 4.78 is 5.79. The lowest BCUT2D eigenvalue weighted by molar-refractivity contribution is 0.0674. The highest BCUT2D eigenvalue weighted by atomic mass is 16.5. The maximum atomic E-state index is 12.2. The molecule has 1 amide bonds. The van der Waals surface area contributed by atoms with Gasteiger partial charge in [-0.1, -0.05) is 20.8 Å². The molecule has 0 saturated carbocycles. The van der Waals surface area contributed by atoms with Gasteiger partial charge in [-0.2, -0.15) is 0 Å². The number of rotatable bonds is 4. The largest absolute Gasteiger partial charge is 0.477 e. The van der Waals surface area contributed by atoms with Gasteiger partial charge in [0.15, 0.2) is 0 Å². The standard InChI is InChI=1S/C14H21N3O2/c1-5-14(2,3)9-19-12-11-10(6-7-15-12)8-16-17(4)13(11)18/h6-7,16H,5,8-9H2,1-4H3. The summed E-state index contributed by atoms with van der Waals surface area (Å²) in [6.07, 6.45) is 2.70. The zero-order valence-electron chi connectivity index (χ0n) is 12.0. The molecule has 0 fully saturated rings. The average molecular weight is 263 g/mol. The second kappa shape index (κ2) is 5.17. The molecule has 0 atom stereocenters. The van der Waals surface area contributed by atoms with Crippen molar-refractivity contribution >= 4 is 5.91 Å². The third kappa shape index (κ3) is 2.87. The molecule has 0 bridgehead atoms. The SMILES string of the molecule is CCC(C)(C)COc1nccc2c1C(=O)N(C)NC2. The molecule has 2 rings (SSSR count). The molecule has 1 aromatic heterocycles. The minimum atomic E-state index is -0.0985. The number of aromatic nitrogens is 1. The molecule has 0 spiro atoms. The van der Waals surface area contributed by atoms with E-state index >= 15 is 0 Å². The highest BCUT2D eigenvalue weighted by Crippen LogP contribution is 2.26. The molecule has 5 nitrogen and oxygen atoms in total. The van der Waals surface area contributed by atoms with E-state index in [9.17, 15) is 4.79 Å². The molecule has 1 aliphatic rings. The van der Waals surface area contributed by atoms with Gasteiger partial charge in [-0.05, 0) is 23.5 Å². The zero-order chi connectivity index (χ0) is 14.0. The molecule has 104 valence electrons. The number of carbonyl (C=O) groups is 1. The van der Waals surface area contributed by atoms with Crippen LogP contribution >= 0.6 is 0 Å². The van der Waals surface area contributed by atoms with E-state index in [0.29, 0.717) is 24.6 Å². The highest BCUT2D eigenvalue weighted by Gasteiger charge is 2.27. The Hall–Kier alpha value is -1.62. The molecular formula is C14H21N3O2. The Kier molecular flexibility index (Phi) is 3.75. The maximum absolute atomic E-state index is 12.2. The molecule has 0 aliphatic carbocycles. The summed E-state index contributed by atoms with van der Waals surface area (Å²) >= 11 is 0. The summed E-state index contributed by atoms with van der Waals surface area (Å²) in [6, 6.07) is 1.85. The van der Waals surface area contributed by atoms with Crippen LogP contribution in [0.15, 0.2) is 12.3 Å². The Morgan fingerprint density at radius 1 is 1.53 bits per heavy atom. The monoisotopic (exact) mass is 263 g/mol. The van der Waals surface area contributed by atoms with Crippen molar-refractivity contribution in [1.29, 1.82) is 0 Å². The zero-order valence-corrected chi connectivity index (χ0v) is 12.0. The molecular weight excluding hydrogens is 242 g/mol. The first kappa shape index (κ1) is 13.8. The second-order valence-electron chi connectivity index (χ2n) is 5.66. The van der Waals surface area contributed by atoms with Gasteiger partial charge in [0.05, 0.1) is 6.61 Å². The summed E-state index contributed by atoms with van der Waals surface area (Å²) in [4.78, 5) is 16.4. The second-order valence-corrected chi connectivity index (χ2v) is 5.66. The molecule has 1 aromatic rings. The van der Waals surface area contributed by atoms with E-state index in [1.165, 1.54) is 5.01 Å². The summed E-state index contributed by atoms with van der Waals surface area (Å²) in [5.74, 6) is 0.344. The van der Waals surface area contributed by atoms with Crippen LogP contribution in [0.2, 0.25) is 0 Å². The lowest BCUT2D eigenvalue weighted by atomic mass is 9.92. The topological polar surface area (TPSA) is 54.5 Å². The van der Waals surface area contributed by atoms with Gasteiger partial charge in [0.25, 0.3) is 5.91 Å². The van der Waals surface area contributed by atoms with Gasteiger partial charge < -0.3 is 4.74 Å². The van der Waals surface area contributed by atoms with Crippen molar-refractivity contribution in [3.8, 4) is 5.88 Å². The van der Waals surface area contributed by atoms with Crippen LogP contribution in [0.5, 0.6) is 5.88 Å². The van der Waals surface area contributed by atoms with Gasteiger partial charge in [-0.25, -0.2) is 10.4 Å². The van der Waals surface area contributed by atoms with Crippen LogP contribution in [0.4, 0.5) is 0 Å². The Balaban J connectivity index is 2.25. The Morgan fingerprint density at radius 2 is 2.26 bits per heavy atom. The summed E-state index contributed by atoms with van der Waals surface area (Å²) in [5.41, 5.74) is 4.59. The molecule has 2 heterocycles. The number of amides is 1. The number of hydrogen-bond donors (Lipinski definition) is 1. The third-order valence-electron chi connectivity index (χ3n) is 3.58. The Morgan fingerprint density at radius 3 is 2.95 bits per heavy atom. The fourth-order valence-electron chi connectivity index (χ4n) is 1.77. The Labute approximate surface area is 113 Å². The van der Waals surface area contributed by atoms with E-state index in [2.05, 4.69) is 31.2 Å². The first-order valence-corrected chi connectivity index (χ1v) is 6.57. The minimum Gasteiger partial charge on any atom is -0.477 e. The van der Waals surface area contributed by atoms with E-state index < -0.39 is 0 Å². The molecule has 0 unspecified atom stereocenters. The smallest absolute Gasteiger partial charge is 0.273 e. The van der Waals surface area contributed by atoms with Crippen molar-refractivity contribution in [1.82, 2.24) is 15.4 Å². The van der Waals surface area contributed by atoms with Crippen molar-refractivity contribution in [2.45, 2.75) is 33.7 Å². The fourth-order valence-corrected chi connectivity index (χ4v) is 1.77. The predicted molar refractivity (Wildman–Crippen MR) is 72.7 cm³/mol. The number of fused-ring (bicyclic) bond motifs is 1. The van der Waals surface area contributed by atoms with Crippen molar-refractivity contribution in [2.24, 2.45) is 5.41 Å². The van der Waals surface area contributed by atoms with Crippen molar-refractivity contribution in [3.05, 3.63) is 23.4 Å². The lowest BCUT2D eigenvalue weighted by Crippen LogP contribution is -2.44. The van der Waals surface area contributed by atoms with Crippen LogP contribution in [-0.4, -0.2) is 29.6 Å². The molecule has 0 saturated heterocycles. The molecule has 19 heavy (non-hydrogen) atoms. The van der Waals surface area contributed by atoms with Crippen molar-refractivity contribution < 1.29 is 9.53 Å². The van der Waals surface area contributed by atoms with E-state index in [1.807, 2.05) is 6.07 Å². The summed E-state index contributed by atoms with van der Waals surface area (Å²) in [6.45, 7) is 7.57. The van der Waals surface area contributed by atoms with E-state index in [0.717, 1.165) is 12.0 Å². The number of nitrogens with zero attached hydrogens (tertiary/aromatic N) is 2. The van der Waals surface area contributed by atoms with Crippen LogP contribution in [0.1, 0.15) is 43.1 Å². The lowest BCUT2D eigenvalue weighted by Gasteiger charge is -2.28.